The molecule has 0 radical (unpaired) electrons. The lowest BCUT2D eigenvalue weighted by molar-refractivity contribution is -0.143. The van der Waals surface area contributed by atoms with Crippen molar-refractivity contribution in [2.45, 2.75) is 22.1 Å². The van der Waals surface area contributed by atoms with Gasteiger partial charge < -0.3 is 0 Å². The maximum atomic E-state index is 12.8. The highest BCUT2D eigenvalue weighted by atomic mass is 32.2. The van der Waals surface area contributed by atoms with E-state index in [1.54, 1.807) is 4.72 Å². The van der Waals surface area contributed by atoms with Gasteiger partial charge in [0.15, 0.2) is 0 Å². The molecule has 0 aromatic heterocycles. The Morgan fingerprint density at radius 2 is 1.11 bits per heavy atom. The summed E-state index contributed by atoms with van der Waals surface area (Å²) in [6, 6.07) is 3.44. The Kier molecular flexibility index (Phi) is 5.44. The fourth-order valence-corrected chi connectivity index (χ4v) is 3.59. The van der Waals surface area contributed by atoms with Crippen LogP contribution < -0.4 is 9.86 Å². The van der Waals surface area contributed by atoms with Crippen molar-refractivity contribution in [3.8, 4) is 0 Å². The van der Waals surface area contributed by atoms with E-state index in [2.05, 4.69) is 0 Å². The van der Waals surface area contributed by atoms with Crippen LogP contribution in [-0.2, 0) is 32.4 Å². The number of rotatable bonds is 4. The van der Waals surface area contributed by atoms with Crippen molar-refractivity contribution in [3.63, 3.8) is 0 Å². The highest BCUT2D eigenvalue weighted by molar-refractivity contribution is 7.92. The summed E-state index contributed by atoms with van der Waals surface area (Å²) in [7, 11) is -8.75. The van der Waals surface area contributed by atoms with Crippen LogP contribution in [0.15, 0.2) is 52.3 Å². The van der Waals surface area contributed by atoms with Crippen LogP contribution >= 0.6 is 0 Å². The van der Waals surface area contributed by atoms with E-state index in [1.165, 1.54) is 0 Å². The summed E-state index contributed by atoms with van der Waals surface area (Å²) in [5.41, 5.74) is -4.38. The molecule has 2 rings (SSSR count). The molecule has 0 amide bonds. The number of sulfonamides is 2. The van der Waals surface area contributed by atoms with Gasteiger partial charge in [-0.2, -0.15) is 26.3 Å². The highest BCUT2D eigenvalue weighted by Gasteiger charge is 2.37. The average Bonchev–Trinajstić information content (AvgIpc) is 2.52. The number of primary sulfonamides is 1. The molecule has 2 aromatic rings. The second-order valence-electron chi connectivity index (χ2n) is 5.42. The van der Waals surface area contributed by atoms with E-state index in [9.17, 15) is 43.2 Å². The summed E-state index contributed by atoms with van der Waals surface area (Å²) in [5, 5.41) is 4.85. The number of halogens is 6. The molecule has 0 unspecified atom stereocenters. The monoisotopic (exact) mass is 448 g/mol. The van der Waals surface area contributed by atoms with Gasteiger partial charge in [-0.3, -0.25) is 4.72 Å². The molecule has 6 nitrogen and oxygen atoms in total. The number of hydrogen-bond acceptors (Lipinski definition) is 4. The molecule has 0 aliphatic rings. The fraction of sp³-hybridized carbons (Fsp3) is 0.143. The quantitative estimate of drug-likeness (QED) is 0.701. The van der Waals surface area contributed by atoms with Gasteiger partial charge in [-0.25, -0.2) is 22.0 Å². The lowest BCUT2D eigenvalue weighted by Gasteiger charge is -2.15. The molecule has 3 N–H and O–H groups in total. The van der Waals surface area contributed by atoms with E-state index in [1.807, 2.05) is 0 Å². The van der Waals surface area contributed by atoms with Gasteiger partial charge in [-0.05, 0) is 42.5 Å². The van der Waals surface area contributed by atoms with Gasteiger partial charge in [-0.15, -0.1) is 0 Å². The maximum absolute atomic E-state index is 12.8. The minimum atomic E-state index is -5.15. The van der Waals surface area contributed by atoms with Gasteiger partial charge in [-0.1, -0.05) is 0 Å². The van der Waals surface area contributed by atoms with Crippen molar-refractivity contribution >= 4 is 25.7 Å². The normalized spacial score (nSPS) is 13.4. The van der Waals surface area contributed by atoms with Crippen LogP contribution in [0.4, 0.5) is 32.0 Å². The molecule has 0 saturated carbocycles. The highest BCUT2D eigenvalue weighted by Crippen LogP contribution is 2.38. The third-order valence-corrected chi connectivity index (χ3v) is 5.63. The van der Waals surface area contributed by atoms with Crippen molar-refractivity contribution in [1.82, 2.24) is 0 Å². The molecule has 0 bridgehead atoms. The molecule has 0 aliphatic heterocycles. The molecule has 0 aliphatic carbocycles. The Bertz CT molecular complexity index is 1060. The van der Waals surface area contributed by atoms with E-state index in [4.69, 9.17) is 5.14 Å². The molecular formula is C14H10F6N2O4S2. The van der Waals surface area contributed by atoms with E-state index in [0.29, 0.717) is 0 Å². The predicted molar refractivity (Wildman–Crippen MR) is 85.1 cm³/mol. The zero-order valence-corrected chi connectivity index (χ0v) is 15.0. The van der Waals surface area contributed by atoms with Crippen LogP contribution in [0.2, 0.25) is 0 Å². The number of benzene rings is 2. The molecule has 0 fully saturated rings. The van der Waals surface area contributed by atoms with Crippen LogP contribution in [0.3, 0.4) is 0 Å². The second kappa shape index (κ2) is 6.93. The number of hydrogen-bond donors (Lipinski definition) is 2. The van der Waals surface area contributed by atoms with Crippen LogP contribution in [0, 0.1) is 0 Å². The van der Waals surface area contributed by atoms with Gasteiger partial charge in [0.25, 0.3) is 10.0 Å². The first kappa shape index (κ1) is 22.0. The molecule has 0 atom stereocenters. The Morgan fingerprint density at radius 1 is 0.714 bits per heavy atom. The Balaban J connectivity index is 2.48. The number of alkyl halides is 6. The van der Waals surface area contributed by atoms with Crippen molar-refractivity contribution in [2.24, 2.45) is 5.14 Å². The number of nitrogens with two attached hydrogens (primary N) is 1. The van der Waals surface area contributed by atoms with Crippen molar-refractivity contribution in [1.29, 1.82) is 0 Å². The predicted octanol–water partition coefficient (Wildman–Crippen LogP) is 3.17. The minimum Gasteiger partial charge on any atom is -0.280 e. The molecular weight excluding hydrogens is 438 g/mol. The topological polar surface area (TPSA) is 106 Å². The van der Waals surface area contributed by atoms with Crippen molar-refractivity contribution in [2.75, 3.05) is 4.72 Å². The summed E-state index contributed by atoms with van der Waals surface area (Å²) in [6.45, 7) is 0. The fourth-order valence-electron chi connectivity index (χ4n) is 2.04. The summed E-state index contributed by atoms with van der Waals surface area (Å²) < 4.78 is 125. The minimum absolute atomic E-state index is 0.154. The summed E-state index contributed by atoms with van der Waals surface area (Å²) in [4.78, 5) is -1.05. The molecule has 28 heavy (non-hydrogen) atoms. The maximum Gasteiger partial charge on any atom is 0.416 e. The summed E-state index contributed by atoms with van der Waals surface area (Å²) in [6.07, 6.45) is -10.3. The average molecular weight is 448 g/mol. The van der Waals surface area contributed by atoms with Gasteiger partial charge in [0, 0.05) is 0 Å². The zero-order chi connectivity index (χ0) is 21.5. The van der Waals surface area contributed by atoms with Crippen molar-refractivity contribution in [3.05, 3.63) is 53.6 Å². The van der Waals surface area contributed by atoms with Gasteiger partial charge in [0.2, 0.25) is 10.0 Å². The summed E-state index contributed by atoms with van der Waals surface area (Å²) in [5.74, 6) is 0. The lowest BCUT2D eigenvalue weighted by Crippen LogP contribution is -2.17. The molecule has 0 spiro atoms. The number of anilines is 1. The molecule has 0 saturated heterocycles. The van der Waals surface area contributed by atoms with Crippen LogP contribution in [0.5, 0.6) is 0 Å². The first-order chi connectivity index (χ1) is 12.5. The van der Waals surface area contributed by atoms with Gasteiger partial charge in [0.1, 0.15) is 0 Å². The number of nitrogens with one attached hydrogen (secondary N) is 1. The standard InChI is InChI=1S/C14H10F6N2O4S2/c15-13(16,17)8-5-9(14(18,19)20)7-10(6-8)22-28(25,26)12-3-1-11(2-4-12)27(21,23)24/h1-7,22H,(H2,21,23,24). The zero-order valence-electron chi connectivity index (χ0n) is 13.3. The van der Waals surface area contributed by atoms with Gasteiger partial charge >= 0.3 is 12.4 Å². The van der Waals surface area contributed by atoms with E-state index in [0.717, 1.165) is 24.3 Å². The third-order valence-electron chi connectivity index (χ3n) is 3.30. The van der Waals surface area contributed by atoms with E-state index >= 15 is 0 Å². The first-order valence-corrected chi connectivity index (χ1v) is 9.98. The third kappa shape index (κ3) is 5.14. The Hall–Kier alpha value is -2.32. The Labute approximate surface area is 155 Å². The molecule has 14 heteroatoms. The van der Waals surface area contributed by atoms with E-state index < -0.39 is 59.0 Å². The first-order valence-electron chi connectivity index (χ1n) is 6.95. The summed E-state index contributed by atoms with van der Waals surface area (Å²) >= 11 is 0. The van der Waals surface area contributed by atoms with Crippen LogP contribution in [-0.4, -0.2) is 16.8 Å². The van der Waals surface area contributed by atoms with E-state index in [-0.39, 0.29) is 18.2 Å². The largest absolute Gasteiger partial charge is 0.416 e. The smallest absolute Gasteiger partial charge is 0.280 e. The SMILES string of the molecule is NS(=O)(=O)c1ccc(S(=O)(=O)Nc2cc(C(F)(F)F)cc(C(F)(F)F)c2)cc1. The van der Waals surface area contributed by atoms with Gasteiger partial charge in [0.05, 0.1) is 26.6 Å². The van der Waals surface area contributed by atoms with Crippen LogP contribution in [0.1, 0.15) is 11.1 Å². The lowest BCUT2D eigenvalue weighted by atomic mass is 10.1. The Morgan fingerprint density at radius 3 is 1.46 bits per heavy atom. The molecule has 2 aromatic carbocycles. The van der Waals surface area contributed by atoms with Crippen molar-refractivity contribution < 1.29 is 43.2 Å². The van der Waals surface area contributed by atoms with Crippen LogP contribution in [0.25, 0.3) is 0 Å². The molecule has 154 valence electrons. The second-order valence-corrected chi connectivity index (χ2v) is 8.66. The molecule has 0 heterocycles.